The van der Waals surface area contributed by atoms with Gasteiger partial charge < -0.3 is 15.2 Å². The van der Waals surface area contributed by atoms with E-state index in [4.69, 9.17) is 9.84 Å². The lowest BCUT2D eigenvalue weighted by Gasteiger charge is -2.07. The van der Waals surface area contributed by atoms with Crippen molar-refractivity contribution in [2.75, 3.05) is 6.61 Å². The Morgan fingerprint density at radius 2 is 1.95 bits per heavy atom. The molecule has 0 saturated heterocycles. The molecule has 0 atom stereocenters. The number of carboxylic acid groups (broad SMARTS) is 1. The maximum Gasteiger partial charge on any atom is 0.307 e. The van der Waals surface area contributed by atoms with Gasteiger partial charge in [0, 0.05) is 4.88 Å². The molecule has 0 radical (unpaired) electrons. The number of thiophene rings is 1. The smallest absolute Gasteiger partial charge is 0.307 e. The van der Waals surface area contributed by atoms with Crippen LogP contribution in [0.1, 0.15) is 10.4 Å². The third-order valence-electron chi connectivity index (χ3n) is 2.69. The first-order valence-electron chi connectivity index (χ1n) is 6.36. The molecule has 1 aromatic heterocycles. The second-order valence-corrected chi connectivity index (χ2v) is 5.39. The van der Waals surface area contributed by atoms with Crippen molar-refractivity contribution in [1.82, 2.24) is 5.32 Å². The number of aliphatic carboxylic acids is 1. The lowest BCUT2D eigenvalue weighted by atomic mass is 10.1. The van der Waals surface area contributed by atoms with Crippen LogP contribution in [-0.2, 0) is 22.6 Å². The zero-order valence-corrected chi connectivity index (χ0v) is 12.1. The highest BCUT2D eigenvalue weighted by Gasteiger charge is 2.04. The number of amides is 1. The Balaban J connectivity index is 1.74. The van der Waals surface area contributed by atoms with Crippen LogP contribution in [0.15, 0.2) is 41.8 Å². The van der Waals surface area contributed by atoms with E-state index in [9.17, 15) is 9.59 Å². The van der Waals surface area contributed by atoms with Crippen LogP contribution >= 0.6 is 11.3 Å². The number of carboxylic acids is 1. The molecule has 2 aromatic rings. The van der Waals surface area contributed by atoms with Crippen LogP contribution in [0.4, 0.5) is 0 Å². The van der Waals surface area contributed by atoms with Crippen molar-refractivity contribution >= 4 is 23.2 Å². The van der Waals surface area contributed by atoms with E-state index in [0.29, 0.717) is 17.9 Å². The largest absolute Gasteiger partial charge is 0.484 e. The van der Waals surface area contributed by atoms with Crippen LogP contribution in [-0.4, -0.2) is 23.6 Å². The predicted octanol–water partition coefficient (Wildman–Crippen LogP) is 2.07. The number of hydrogen-bond acceptors (Lipinski definition) is 4. The first-order valence-corrected chi connectivity index (χ1v) is 7.24. The van der Waals surface area contributed by atoms with Crippen molar-refractivity contribution in [2.24, 2.45) is 0 Å². The summed E-state index contributed by atoms with van der Waals surface area (Å²) in [7, 11) is 0. The van der Waals surface area contributed by atoms with E-state index < -0.39 is 5.97 Å². The Morgan fingerprint density at radius 1 is 1.19 bits per heavy atom. The van der Waals surface area contributed by atoms with Crippen LogP contribution in [0.3, 0.4) is 0 Å². The van der Waals surface area contributed by atoms with E-state index in [1.54, 1.807) is 35.6 Å². The second-order valence-electron chi connectivity index (χ2n) is 4.36. The molecule has 0 aliphatic carbocycles. The first kappa shape index (κ1) is 15.1. The van der Waals surface area contributed by atoms with Gasteiger partial charge in [-0.2, -0.15) is 0 Å². The van der Waals surface area contributed by atoms with Crippen LogP contribution in [0.25, 0.3) is 0 Å². The minimum atomic E-state index is -0.878. The molecule has 5 nitrogen and oxygen atoms in total. The molecule has 0 aliphatic rings. The fourth-order valence-corrected chi connectivity index (χ4v) is 2.32. The normalized spacial score (nSPS) is 10.1. The Morgan fingerprint density at radius 3 is 2.57 bits per heavy atom. The van der Waals surface area contributed by atoms with E-state index in [1.165, 1.54) is 0 Å². The monoisotopic (exact) mass is 305 g/mol. The molecule has 1 amide bonds. The fraction of sp³-hybridized carbons (Fsp3) is 0.200. The van der Waals surface area contributed by atoms with E-state index in [0.717, 1.165) is 4.88 Å². The van der Waals surface area contributed by atoms with Gasteiger partial charge in [-0.3, -0.25) is 9.59 Å². The summed E-state index contributed by atoms with van der Waals surface area (Å²) >= 11 is 1.58. The standard InChI is InChI=1S/C15H15NO4S/c17-14(16-9-13-2-1-7-21-13)10-20-12-5-3-11(4-6-12)8-15(18)19/h1-7H,8-10H2,(H,16,17)(H,18,19). The van der Waals surface area contributed by atoms with Crippen LogP contribution in [0.2, 0.25) is 0 Å². The van der Waals surface area contributed by atoms with Gasteiger partial charge in [0.1, 0.15) is 5.75 Å². The van der Waals surface area contributed by atoms with Gasteiger partial charge in [-0.15, -0.1) is 11.3 Å². The molecular formula is C15H15NO4S. The number of carbonyl (C=O) groups is 2. The van der Waals surface area contributed by atoms with Gasteiger partial charge in [-0.1, -0.05) is 18.2 Å². The third-order valence-corrected chi connectivity index (χ3v) is 3.56. The second kappa shape index (κ2) is 7.44. The Bertz CT molecular complexity index is 593. The maximum absolute atomic E-state index is 11.6. The molecule has 2 rings (SSSR count). The number of nitrogens with one attached hydrogen (secondary N) is 1. The van der Waals surface area contributed by atoms with Crippen molar-refractivity contribution < 1.29 is 19.4 Å². The van der Waals surface area contributed by atoms with Gasteiger partial charge in [0.25, 0.3) is 5.91 Å². The zero-order valence-electron chi connectivity index (χ0n) is 11.2. The summed E-state index contributed by atoms with van der Waals surface area (Å²) in [6, 6.07) is 10.5. The Labute approximate surface area is 126 Å². The van der Waals surface area contributed by atoms with E-state index in [2.05, 4.69) is 5.32 Å². The SMILES string of the molecule is O=C(O)Cc1ccc(OCC(=O)NCc2cccs2)cc1. The molecule has 21 heavy (non-hydrogen) atoms. The molecule has 0 spiro atoms. The van der Waals surface area contributed by atoms with Gasteiger partial charge in [0.15, 0.2) is 6.61 Å². The summed E-state index contributed by atoms with van der Waals surface area (Å²) in [4.78, 5) is 23.3. The van der Waals surface area contributed by atoms with Gasteiger partial charge in [0.2, 0.25) is 0 Å². The minimum absolute atomic E-state index is 0.0262. The number of hydrogen-bond donors (Lipinski definition) is 2. The molecule has 0 fully saturated rings. The summed E-state index contributed by atoms with van der Waals surface area (Å²) in [6.07, 6.45) is -0.0262. The first-order chi connectivity index (χ1) is 10.1. The molecule has 1 heterocycles. The van der Waals surface area contributed by atoms with Gasteiger partial charge >= 0.3 is 5.97 Å². The zero-order chi connectivity index (χ0) is 15.1. The van der Waals surface area contributed by atoms with E-state index >= 15 is 0 Å². The van der Waals surface area contributed by atoms with Gasteiger partial charge in [0.05, 0.1) is 13.0 Å². The molecule has 1 aromatic carbocycles. The molecule has 6 heteroatoms. The predicted molar refractivity (Wildman–Crippen MR) is 79.4 cm³/mol. The maximum atomic E-state index is 11.6. The molecule has 0 saturated carbocycles. The number of benzene rings is 1. The van der Waals surface area contributed by atoms with Crippen LogP contribution < -0.4 is 10.1 Å². The lowest BCUT2D eigenvalue weighted by Crippen LogP contribution is -2.28. The number of ether oxygens (including phenoxy) is 1. The highest BCUT2D eigenvalue weighted by molar-refractivity contribution is 7.09. The van der Waals surface area contributed by atoms with E-state index in [-0.39, 0.29) is 18.9 Å². The lowest BCUT2D eigenvalue weighted by molar-refractivity contribution is -0.136. The molecular weight excluding hydrogens is 290 g/mol. The van der Waals surface area contributed by atoms with Crippen molar-refractivity contribution in [2.45, 2.75) is 13.0 Å². The minimum Gasteiger partial charge on any atom is -0.484 e. The van der Waals surface area contributed by atoms with E-state index in [1.807, 2.05) is 17.5 Å². The summed E-state index contributed by atoms with van der Waals surface area (Å²) in [5.74, 6) is -0.537. The summed E-state index contributed by atoms with van der Waals surface area (Å²) in [6.45, 7) is 0.432. The summed E-state index contributed by atoms with van der Waals surface area (Å²) < 4.78 is 5.34. The fourth-order valence-electron chi connectivity index (χ4n) is 1.68. The third kappa shape index (κ3) is 5.27. The Hall–Kier alpha value is -2.34. The summed E-state index contributed by atoms with van der Waals surface area (Å²) in [5.41, 5.74) is 0.692. The molecule has 0 aliphatic heterocycles. The summed E-state index contributed by atoms with van der Waals surface area (Å²) in [5, 5.41) is 13.4. The van der Waals surface area contributed by atoms with Crippen LogP contribution in [0, 0.1) is 0 Å². The average Bonchev–Trinajstić information content (AvgIpc) is 2.97. The molecule has 0 bridgehead atoms. The quantitative estimate of drug-likeness (QED) is 0.821. The number of carbonyl (C=O) groups excluding carboxylic acids is 1. The highest BCUT2D eigenvalue weighted by atomic mass is 32.1. The average molecular weight is 305 g/mol. The molecule has 0 unspecified atom stereocenters. The van der Waals surface area contributed by atoms with Crippen LogP contribution in [0.5, 0.6) is 5.75 Å². The van der Waals surface area contributed by atoms with Crippen molar-refractivity contribution in [3.8, 4) is 5.75 Å². The number of rotatable bonds is 7. The molecule has 2 N–H and O–H groups in total. The topological polar surface area (TPSA) is 75.6 Å². The molecule has 110 valence electrons. The van der Waals surface area contributed by atoms with Gasteiger partial charge in [-0.05, 0) is 29.1 Å². The van der Waals surface area contributed by atoms with Crippen molar-refractivity contribution in [3.63, 3.8) is 0 Å². The van der Waals surface area contributed by atoms with Gasteiger partial charge in [-0.25, -0.2) is 0 Å². The van der Waals surface area contributed by atoms with Crippen molar-refractivity contribution in [3.05, 3.63) is 52.2 Å². The Kier molecular flexibility index (Phi) is 5.34. The highest BCUT2D eigenvalue weighted by Crippen LogP contribution is 2.12. The van der Waals surface area contributed by atoms with Crippen molar-refractivity contribution in [1.29, 1.82) is 0 Å².